The molecule has 1 atom stereocenters. The van der Waals surface area contributed by atoms with Crippen LogP contribution in [0.3, 0.4) is 0 Å². The Balaban J connectivity index is 0. The van der Waals surface area contributed by atoms with Crippen LogP contribution in [0.1, 0.15) is 5.69 Å². The van der Waals surface area contributed by atoms with E-state index >= 15 is 0 Å². The molecule has 29 heavy (non-hydrogen) atoms. The van der Waals surface area contributed by atoms with Crippen LogP contribution in [0.25, 0.3) is 0 Å². The molecule has 17 heteroatoms. The monoisotopic (exact) mass is 440 g/mol. The van der Waals surface area contributed by atoms with E-state index in [0.717, 1.165) is 5.69 Å². The molecule has 0 bridgehead atoms. The number of aromatic amines is 1. The normalized spacial score (nSPS) is 11.7. The molecule has 1 aromatic heterocycles. The quantitative estimate of drug-likeness (QED) is 0.334. The molecular weight excluding hydrogens is 426 g/mol. The number of nitrogens with two attached hydrogens (primary N) is 1. The molecule has 0 saturated heterocycles. The molecule has 0 aliphatic heterocycles. The fourth-order valence-electron chi connectivity index (χ4n) is 1.02. The molecule has 0 spiro atoms. The molecule has 0 aliphatic rings. The van der Waals surface area contributed by atoms with Crippen molar-refractivity contribution in [1.82, 2.24) is 15.3 Å². The molecular formula is C12H14F6N4O7. The Bertz CT molecular complexity index is 651. The van der Waals surface area contributed by atoms with Crippen molar-refractivity contribution in [2.45, 2.75) is 24.8 Å². The van der Waals surface area contributed by atoms with Gasteiger partial charge in [-0.3, -0.25) is 9.59 Å². The molecule has 1 amide bonds. The standard InChI is InChI=1S/C8H12N4O3.2C2HF3O2/c9-6(1-5-2-10-4-12-5)8(15)11-3-7(13)14;2*3-2(4,5)1(6)7/h2,4,6H,1,3,9H2,(H,10,12)(H,11,15)(H,13,14);2*(H,6,7)/t6-;;/m0../s1. The minimum absolute atomic E-state index is 0.297. The van der Waals surface area contributed by atoms with Gasteiger partial charge in [0.25, 0.3) is 0 Å². The second kappa shape index (κ2) is 12.2. The van der Waals surface area contributed by atoms with Crippen molar-refractivity contribution in [3.63, 3.8) is 0 Å². The van der Waals surface area contributed by atoms with Gasteiger partial charge in [0.15, 0.2) is 0 Å². The molecule has 0 saturated carbocycles. The van der Waals surface area contributed by atoms with Crippen LogP contribution in [-0.4, -0.2) is 74.0 Å². The van der Waals surface area contributed by atoms with Gasteiger partial charge in [-0.2, -0.15) is 26.3 Å². The summed E-state index contributed by atoms with van der Waals surface area (Å²) in [6.45, 7) is -0.421. The van der Waals surface area contributed by atoms with Crippen LogP contribution in [0.4, 0.5) is 26.3 Å². The van der Waals surface area contributed by atoms with Crippen molar-refractivity contribution < 1.29 is 60.8 Å². The van der Waals surface area contributed by atoms with Crippen molar-refractivity contribution in [3.8, 4) is 0 Å². The Morgan fingerprint density at radius 1 is 1.03 bits per heavy atom. The van der Waals surface area contributed by atoms with E-state index < -0.39 is 48.8 Å². The van der Waals surface area contributed by atoms with E-state index in [2.05, 4.69) is 15.3 Å². The van der Waals surface area contributed by atoms with Gasteiger partial charge in [-0.1, -0.05) is 0 Å². The average Bonchev–Trinajstić information content (AvgIpc) is 3.04. The largest absolute Gasteiger partial charge is 0.490 e. The maximum atomic E-state index is 11.2. The second-order valence-corrected chi connectivity index (χ2v) is 4.60. The molecule has 0 fully saturated rings. The number of aromatic nitrogens is 2. The van der Waals surface area contributed by atoms with Gasteiger partial charge in [0.05, 0.1) is 12.4 Å². The van der Waals surface area contributed by atoms with E-state index in [1.54, 1.807) is 6.20 Å². The number of carbonyl (C=O) groups excluding carboxylic acids is 1. The number of alkyl halides is 6. The van der Waals surface area contributed by atoms with Crippen LogP contribution < -0.4 is 11.1 Å². The third-order valence-electron chi connectivity index (χ3n) is 2.23. The van der Waals surface area contributed by atoms with Gasteiger partial charge in [0, 0.05) is 18.3 Å². The summed E-state index contributed by atoms with van der Waals surface area (Å²) in [5.74, 6) is -7.11. The number of nitrogens with zero attached hydrogens (tertiary/aromatic N) is 1. The van der Waals surface area contributed by atoms with Crippen molar-refractivity contribution in [2.75, 3.05) is 6.54 Å². The molecule has 166 valence electrons. The Morgan fingerprint density at radius 2 is 1.45 bits per heavy atom. The molecule has 7 N–H and O–H groups in total. The molecule has 1 heterocycles. The zero-order valence-electron chi connectivity index (χ0n) is 13.9. The minimum Gasteiger partial charge on any atom is -0.480 e. The van der Waals surface area contributed by atoms with Gasteiger partial charge in [0.2, 0.25) is 5.91 Å². The van der Waals surface area contributed by atoms with Gasteiger partial charge < -0.3 is 31.4 Å². The van der Waals surface area contributed by atoms with E-state index in [0.29, 0.717) is 6.42 Å². The fourth-order valence-corrected chi connectivity index (χ4v) is 1.02. The Labute approximate surface area is 156 Å². The number of halogens is 6. The number of carboxylic acids is 3. The van der Waals surface area contributed by atoms with Crippen LogP contribution in [0.2, 0.25) is 0 Å². The van der Waals surface area contributed by atoms with Crippen molar-refractivity contribution >= 4 is 23.8 Å². The lowest BCUT2D eigenvalue weighted by atomic mass is 10.1. The lowest BCUT2D eigenvalue weighted by Gasteiger charge is -2.09. The number of rotatable bonds is 5. The van der Waals surface area contributed by atoms with Gasteiger partial charge in [-0.15, -0.1) is 0 Å². The third-order valence-corrected chi connectivity index (χ3v) is 2.23. The molecule has 1 aromatic rings. The zero-order valence-corrected chi connectivity index (χ0v) is 13.9. The number of amides is 1. The highest BCUT2D eigenvalue weighted by atomic mass is 19.4. The van der Waals surface area contributed by atoms with E-state index in [4.69, 9.17) is 30.6 Å². The minimum atomic E-state index is -5.08. The number of imidazole rings is 1. The number of H-pyrrole nitrogens is 1. The fraction of sp³-hybridized carbons (Fsp3) is 0.417. The summed E-state index contributed by atoms with van der Waals surface area (Å²) in [5, 5.41) is 24.8. The van der Waals surface area contributed by atoms with E-state index in [-0.39, 0.29) is 0 Å². The predicted molar refractivity (Wildman–Crippen MR) is 78.3 cm³/mol. The highest BCUT2D eigenvalue weighted by Crippen LogP contribution is 2.13. The SMILES string of the molecule is N[C@@H](Cc1cnc[nH]1)C(=O)NCC(=O)O.O=C(O)C(F)(F)F.O=C(O)C(F)(F)F. The topological polar surface area (TPSA) is 196 Å². The highest BCUT2D eigenvalue weighted by molar-refractivity contribution is 5.85. The van der Waals surface area contributed by atoms with Gasteiger partial charge >= 0.3 is 30.3 Å². The Hall–Kier alpha value is -3.37. The summed E-state index contributed by atoms with van der Waals surface area (Å²) in [5.41, 5.74) is 6.27. The molecule has 0 aromatic carbocycles. The van der Waals surface area contributed by atoms with Crippen molar-refractivity contribution in [3.05, 3.63) is 18.2 Å². The molecule has 11 nitrogen and oxygen atoms in total. The first kappa shape index (κ1) is 27.8. The highest BCUT2D eigenvalue weighted by Gasteiger charge is 2.38. The maximum Gasteiger partial charge on any atom is 0.490 e. The zero-order chi connectivity index (χ0) is 23.4. The maximum absolute atomic E-state index is 11.2. The van der Waals surface area contributed by atoms with Crippen LogP contribution in [0, 0.1) is 0 Å². The van der Waals surface area contributed by atoms with Crippen molar-refractivity contribution in [1.29, 1.82) is 0 Å². The first-order chi connectivity index (χ1) is 13.0. The van der Waals surface area contributed by atoms with E-state index in [9.17, 15) is 35.9 Å². The summed E-state index contributed by atoms with van der Waals surface area (Å²) in [7, 11) is 0. The second-order valence-electron chi connectivity index (χ2n) is 4.60. The number of carbonyl (C=O) groups is 4. The first-order valence-electron chi connectivity index (χ1n) is 6.81. The average molecular weight is 440 g/mol. The van der Waals surface area contributed by atoms with Crippen LogP contribution in [0.15, 0.2) is 12.5 Å². The summed E-state index contributed by atoms with van der Waals surface area (Å²) in [6, 6.07) is -0.773. The van der Waals surface area contributed by atoms with Gasteiger partial charge in [-0.05, 0) is 0 Å². The van der Waals surface area contributed by atoms with E-state index in [1.165, 1.54) is 6.33 Å². The number of nitrogens with one attached hydrogen (secondary N) is 2. The number of aliphatic carboxylic acids is 3. The molecule has 1 rings (SSSR count). The summed E-state index contributed by atoms with van der Waals surface area (Å²) in [6.07, 6.45) is -6.83. The predicted octanol–water partition coefficient (Wildman–Crippen LogP) is -0.253. The Morgan fingerprint density at radius 3 is 1.72 bits per heavy atom. The lowest BCUT2D eigenvalue weighted by Crippen LogP contribution is -2.43. The smallest absolute Gasteiger partial charge is 0.480 e. The van der Waals surface area contributed by atoms with E-state index in [1.807, 2.05) is 0 Å². The van der Waals surface area contributed by atoms with Crippen LogP contribution >= 0.6 is 0 Å². The Kier molecular flexibility index (Phi) is 11.7. The number of hydrogen-bond acceptors (Lipinski definition) is 6. The third kappa shape index (κ3) is 15.4. The van der Waals surface area contributed by atoms with Crippen LogP contribution in [-0.2, 0) is 25.6 Å². The molecule has 0 aliphatic carbocycles. The van der Waals surface area contributed by atoms with Crippen molar-refractivity contribution in [2.24, 2.45) is 5.73 Å². The van der Waals surface area contributed by atoms with Gasteiger partial charge in [-0.25, -0.2) is 14.6 Å². The van der Waals surface area contributed by atoms with Crippen LogP contribution in [0.5, 0.6) is 0 Å². The first-order valence-corrected chi connectivity index (χ1v) is 6.81. The number of carboxylic acid groups (broad SMARTS) is 3. The molecule has 0 radical (unpaired) electrons. The lowest BCUT2D eigenvalue weighted by molar-refractivity contribution is -0.193. The number of hydrogen-bond donors (Lipinski definition) is 6. The summed E-state index contributed by atoms with van der Waals surface area (Å²) >= 11 is 0. The van der Waals surface area contributed by atoms with Gasteiger partial charge in [0.1, 0.15) is 6.54 Å². The summed E-state index contributed by atoms with van der Waals surface area (Å²) < 4.78 is 63.5. The summed E-state index contributed by atoms with van der Waals surface area (Å²) in [4.78, 5) is 45.8. The molecule has 0 unspecified atom stereocenters.